The second-order valence-electron chi connectivity index (χ2n) is 9.54. The number of pyridine rings is 2. The molecule has 0 bridgehead atoms. The Morgan fingerprint density at radius 1 is 0.793 bits per heavy atom. The van der Waals surface area contributed by atoms with Gasteiger partial charge in [-0.3, -0.25) is 9.18 Å². The van der Waals surface area contributed by atoms with Crippen molar-refractivity contribution >= 4 is 121 Å². The monoisotopic (exact) mass is 1030 g/mol. The van der Waals surface area contributed by atoms with Crippen LogP contribution < -0.4 is 72.7 Å². The minimum absolute atomic E-state index is 0. The minimum Gasteiger partial charge on any atom is -0.857 e. The van der Waals surface area contributed by atoms with Crippen LogP contribution in [0.15, 0.2) is 35.0 Å². The number of alkyl halides is 2. The van der Waals surface area contributed by atoms with Crippen LogP contribution in [0.25, 0.3) is 0 Å². The van der Waals surface area contributed by atoms with Gasteiger partial charge >= 0.3 is 75.6 Å². The van der Waals surface area contributed by atoms with E-state index >= 15 is 0 Å². The molecule has 27 heteroatoms. The summed E-state index contributed by atoms with van der Waals surface area (Å²) in [7, 11) is 1.28. The van der Waals surface area contributed by atoms with Crippen molar-refractivity contribution < 1.29 is 123 Å². The summed E-state index contributed by atoms with van der Waals surface area (Å²) >= 11 is 28.0. The number of hydrogen-bond donors (Lipinski definition) is 2. The topological polar surface area (TPSA) is 234 Å². The molecular formula is C31H29BrCl4F3KN4O12S2. The van der Waals surface area contributed by atoms with Crippen LogP contribution in [0.3, 0.4) is 0 Å². The normalized spacial score (nSPS) is 12.2. The van der Waals surface area contributed by atoms with E-state index in [1.165, 1.54) is 32.3 Å². The fourth-order valence-electron chi connectivity index (χ4n) is 3.29. The maximum absolute atomic E-state index is 13.8. The third kappa shape index (κ3) is 17.6. The molecule has 0 spiro atoms. The van der Waals surface area contributed by atoms with Gasteiger partial charge in [0, 0.05) is 24.6 Å². The Morgan fingerprint density at radius 3 is 1.67 bits per heavy atom. The number of esters is 2. The van der Waals surface area contributed by atoms with Gasteiger partial charge in [-0.2, -0.15) is 13.8 Å². The van der Waals surface area contributed by atoms with Gasteiger partial charge in [-0.25, -0.2) is 19.4 Å². The molecule has 4 aromatic heterocycles. The number of methoxy groups -OCH3 is 2. The van der Waals surface area contributed by atoms with Gasteiger partial charge in [0.25, 0.3) is 0 Å². The molecule has 0 saturated heterocycles. The zero-order valence-corrected chi connectivity index (χ0v) is 39.6. The molecule has 0 aliphatic rings. The number of ether oxygens (including phenoxy) is 7. The Kier molecular flexibility index (Phi) is 25.9. The van der Waals surface area contributed by atoms with Crippen molar-refractivity contribution in [1.82, 2.24) is 9.97 Å². The van der Waals surface area contributed by atoms with E-state index < -0.39 is 88.6 Å². The maximum Gasteiger partial charge on any atom is 1.00 e. The fourth-order valence-corrected chi connectivity index (χ4v) is 5.99. The Hall–Kier alpha value is -2.55. The number of halogens is 8. The van der Waals surface area contributed by atoms with Crippen LogP contribution in [-0.2, 0) is 38.0 Å². The minimum atomic E-state index is -1.38. The molecule has 0 fully saturated rings. The molecule has 4 rings (SSSR count). The number of rotatable bonds is 10. The fraction of sp³-hybridized carbons (Fsp3) is 0.290. The van der Waals surface area contributed by atoms with Crippen LogP contribution in [0.5, 0.6) is 11.8 Å². The molecule has 0 aliphatic carbocycles. The first-order chi connectivity index (χ1) is 27.2. The molecular weight excluding hydrogens is 1000 g/mol. The molecule has 314 valence electrons. The number of carbonyl (C=O) groups excluding carboxylic acids is 4. The van der Waals surface area contributed by atoms with Crippen LogP contribution in [-0.4, -0.2) is 68.2 Å². The number of thiophene rings is 2. The van der Waals surface area contributed by atoms with Gasteiger partial charge in [0.1, 0.15) is 19.9 Å². The number of hydrogen-bond acceptors (Lipinski definition) is 18. The smallest absolute Gasteiger partial charge is 0.857 e. The largest absolute Gasteiger partial charge is 1.00 e. The van der Waals surface area contributed by atoms with Crippen LogP contribution in [0.2, 0.25) is 20.1 Å². The molecule has 0 radical (unpaired) electrons. The summed E-state index contributed by atoms with van der Waals surface area (Å²) < 4.78 is 74.9. The summed E-state index contributed by atoms with van der Waals surface area (Å²) in [6.45, 7) is 2.73. The predicted octanol–water partition coefficient (Wildman–Crippen LogP) is 5.59. The average molecular weight is 1030 g/mol. The van der Waals surface area contributed by atoms with Crippen molar-refractivity contribution in [3.8, 4) is 11.8 Å². The number of nitrogens with two attached hydrogens (primary N) is 2. The molecule has 16 nitrogen and oxygen atoms in total. The number of nitrogen functional groups attached to an aromatic ring is 2. The Bertz CT molecular complexity index is 1950. The number of carbonyl (C=O) groups is 4. The van der Waals surface area contributed by atoms with Crippen LogP contribution >= 0.6 is 85.0 Å². The first-order valence-corrected chi connectivity index (χ1v) is 18.8. The standard InChI is InChI=1S/C15H13Cl2FN2O6S.C10H11BrO5S.C5H3Cl2FN2O.CH3F.K/c1-6(25-15(22)23-2)24-14(21)11(7-4-3-5-27-7)26-13-9(17)10(19)8(16)12(18)20-13;1-6(16-10(13)14-2)15-9(12)8(11)7-4-3-5-17-7;6-1-3(9)2(7)5(11)10-4(1)8;1-2;/h3-6,11H,1-2H3,(H2,19,20);3-6,8H,1-2H3;(H3,9,10,11);1H3;/q;;;;+1/p-1/i;;;1D;. The van der Waals surface area contributed by atoms with Crippen LogP contribution in [0, 0.1) is 11.9 Å². The average Bonchev–Trinajstić information content (AvgIpc) is 3.92. The number of anilines is 2. The Morgan fingerprint density at radius 2 is 1.22 bits per heavy atom. The van der Waals surface area contributed by atoms with Gasteiger partial charge in [-0.05, 0) is 22.9 Å². The predicted molar refractivity (Wildman–Crippen MR) is 205 cm³/mol. The molecule has 58 heavy (non-hydrogen) atoms. The molecule has 4 aromatic rings. The van der Waals surface area contributed by atoms with Crippen molar-refractivity contribution in [3.63, 3.8) is 0 Å². The molecule has 4 N–H and O–H groups in total. The molecule has 4 heterocycles. The van der Waals surface area contributed by atoms with Crippen molar-refractivity contribution in [3.05, 3.63) is 76.8 Å². The van der Waals surface area contributed by atoms with Crippen molar-refractivity contribution in [2.75, 3.05) is 32.8 Å². The van der Waals surface area contributed by atoms with Crippen molar-refractivity contribution in [2.45, 2.75) is 37.4 Å². The summed E-state index contributed by atoms with van der Waals surface area (Å²) in [6, 6.07) is 6.86. The summed E-state index contributed by atoms with van der Waals surface area (Å²) in [5, 5.41) is 12.6. The molecule has 4 atom stereocenters. The maximum atomic E-state index is 13.8. The summed E-state index contributed by atoms with van der Waals surface area (Å²) in [5.41, 5.74) is 10.2. The Labute approximate surface area is 408 Å². The molecule has 4 unspecified atom stereocenters. The first-order valence-electron chi connectivity index (χ1n) is 15.3. The number of nitrogens with zero attached hydrogens (tertiary/aromatic N) is 2. The van der Waals surface area contributed by atoms with Crippen molar-refractivity contribution in [2.24, 2.45) is 0 Å². The van der Waals surface area contributed by atoms with Gasteiger partial charge in [-0.15, -0.1) is 22.7 Å². The molecule has 0 aromatic carbocycles. The van der Waals surface area contributed by atoms with Gasteiger partial charge < -0.3 is 49.7 Å². The zero-order chi connectivity index (χ0) is 44.3. The zero-order valence-electron chi connectivity index (χ0n) is 31.3. The van der Waals surface area contributed by atoms with Gasteiger partial charge in [-0.1, -0.05) is 74.5 Å². The molecule has 0 saturated carbocycles. The van der Waals surface area contributed by atoms with E-state index in [1.54, 1.807) is 23.6 Å². The van der Waals surface area contributed by atoms with E-state index in [4.69, 9.17) is 73.5 Å². The molecule has 0 aliphatic heterocycles. The second kappa shape index (κ2) is 28.1. The van der Waals surface area contributed by atoms with E-state index in [0.717, 1.165) is 23.3 Å². The summed E-state index contributed by atoms with van der Waals surface area (Å²) in [4.78, 5) is 52.9. The third-order valence-electron chi connectivity index (χ3n) is 5.75. The third-order valence-corrected chi connectivity index (χ3v) is 10.2. The van der Waals surface area contributed by atoms with Gasteiger partial charge in [0.2, 0.25) is 36.5 Å². The van der Waals surface area contributed by atoms with E-state index in [0.29, 0.717) is 4.88 Å². The summed E-state index contributed by atoms with van der Waals surface area (Å²) in [6.07, 6.45) is -5.58. The summed E-state index contributed by atoms with van der Waals surface area (Å²) in [5.74, 6) is -5.05. The van der Waals surface area contributed by atoms with E-state index in [-0.39, 0.29) is 72.8 Å². The van der Waals surface area contributed by atoms with Gasteiger partial charge in [0.05, 0.1) is 44.0 Å². The van der Waals surface area contributed by atoms with Gasteiger partial charge in [0.15, 0.2) is 0 Å². The quantitative estimate of drug-likeness (QED) is 0.0492. The van der Waals surface area contributed by atoms with Crippen LogP contribution in [0.4, 0.5) is 34.1 Å². The second-order valence-corrected chi connectivity index (χ2v) is 13.9. The Balaban J connectivity index is 0.000000896. The van der Waals surface area contributed by atoms with Crippen molar-refractivity contribution in [1.29, 1.82) is 0 Å². The van der Waals surface area contributed by atoms with E-state index in [9.17, 15) is 37.5 Å². The van der Waals surface area contributed by atoms with Crippen LogP contribution in [0.1, 0.15) is 35.9 Å². The SMILES string of the molecule is COC(=O)OC(C)OC(=O)C(Br)c1cccs1.COC(=O)OC(C)OC(=O)C(Oc1nc(F)c(Cl)c(N)c1Cl)c1cccs1.Nc1c(Cl)c([O-])nc(F)c1Cl.[2H]CF.[K+]. The van der Waals surface area contributed by atoms with E-state index in [2.05, 4.69) is 44.8 Å². The first kappa shape index (κ1) is 53.5. The van der Waals surface area contributed by atoms with E-state index in [1.807, 2.05) is 11.4 Å². The number of aromatic nitrogens is 2. The molecule has 0 amide bonds.